The molecule has 2 aliphatic carbocycles. The summed E-state index contributed by atoms with van der Waals surface area (Å²) in [6, 6.07) is 0. The van der Waals surface area contributed by atoms with Gasteiger partial charge >= 0.3 is 0 Å². The van der Waals surface area contributed by atoms with E-state index in [0.717, 1.165) is 6.42 Å². The molecule has 1 saturated heterocycles. The Morgan fingerprint density at radius 3 is 2.26 bits per heavy atom. The zero-order valence-electron chi connectivity index (χ0n) is 21.3. The summed E-state index contributed by atoms with van der Waals surface area (Å²) in [6.45, 7) is 4.25. The van der Waals surface area contributed by atoms with Gasteiger partial charge in [0.15, 0.2) is 11.9 Å². The number of carbonyl (C=O) groups excluding carboxylic acids is 4. The molecule has 3 rings (SSSR count). The maximum absolute atomic E-state index is 12.4. The van der Waals surface area contributed by atoms with Crippen LogP contribution in [0.5, 0.6) is 0 Å². The molecule has 0 bridgehead atoms. The van der Waals surface area contributed by atoms with Gasteiger partial charge in [-0.25, -0.2) is 0 Å². The number of rotatable bonds is 11. The number of hydrogen-bond donors (Lipinski definition) is 4. The van der Waals surface area contributed by atoms with Crippen LogP contribution in [-0.2, 0) is 23.9 Å². The van der Waals surface area contributed by atoms with Gasteiger partial charge in [0.2, 0.25) is 17.6 Å². The minimum Gasteiger partial charge on any atom is -0.510 e. The van der Waals surface area contributed by atoms with Crippen molar-refractivity contribution in [2.24, 2.45) is 5.92 Å². The molecule has 1 fully saturated rings. The van der Waals surface area contributed by atoms with E-state index in [1.54, 1.807) is 24.3 Å². The summed E-state index contributed by atoms with van der Waals surface area (Å²) in [4.78, 5) is 48.1. The van der Waals surface area contributed by atoms with E-state index in [4.69, 9.17) is 4.74 Å². The lowest BCUT2D eigenvalue weighted by Crippen LogP contribution is -2.42. The van der Waals surface area contributed by atoms with Crippen molar-refractivity contribution in [3.8, 4) is 0 Å². The van der Waals surface area contributed by atoms with Crippen LogP contribution in [0, 0.1) is 5.92 Å². The monoisotopic (exact) mass is 520 g/mol. The molecule has 0 saturated carbocycles. The van der Waals surface area contributed by atoms with E-state index in [2.05, 4.69) is 24.5 Å². The van der Waals surface area contributed by atoms with Crippen LogP contribution in [0.15, 0.2) is 96.1 Å². The van der Waals surface area contributed by atoms with Crippen molar-refractivity contribution < 1.29 is 34.1 Å². The highest BCUT2D eigenvalue weighted by Crippen LogP contribution is 2.40. The summed E-state index contributed by atoms with van der Waals surface area (Å²) < 4.78 is 5.33. The second kappa shape index (κ2) is 12.9. The minimum atomic E-state index is -1.61. The zero-order valence-corrected chi connectivity index (χ0v) is 21.3. The Morgan fingerprint density at radius 1 is 1.00 bits per heavy atom. The number of nitrogens with one attached hydrogen (secondary N) is 2. The lowest BCUT2D eigenvalue weighted by molar-refractivity contribution is -0.121. The van der Waals surface area contributed by atoms with Gasteiger partial charge in [-0.15, -0.1) is 0 Å². The highest BCUT2D eigenvalue weighted by molar-refractivity contribution is 6.06. The summed E-state index contributed by atoms with van der Waals surface area (Å²) in [5.74, 6) is -1.36. The Kier molecular flexibility index (Phi) is 9.70. The maximum Gasteiger partial charge on any atom is 0.248 e. The number of carbonyl (C=O) groups is 4. The summed E-state index contributed by atoms with van der Waals surface area (Å²) >= 11 is 0. The molecular weight excluding hydrogens is 488 g/mol. The molecule has 0 aromatic carbocycles. The number of aliphatic hydroxyl groups is 2. The summed E-state index contributed by atoms with van der Waals surface area (Å²) in [6.07, 6.45) is 19.9. The van der Waals surface area contributed by atoms with Gasteiger partial charge in [-0.05, 0) is 24.5 Å². The Labute approximate surface area is 221 Å². The molecule has 2 amide bonds. The lowest BCUT2D eigenvalue weighted by atomic mass is 9.88. The number of Topliss-reactive ketones (excluding diaryl/α,β-unsaturated/α-hetero) is 2. The fraction of sp³-hybridized carbons (Fsp3) is 0.310. The van der Waals surface area contributed by atoms with Crippen LogP contribution >= 0.6 is 0 Å². The molecule has 200 valence electrons. The van der Waals surface area contributed by atoms with E-state index >= 15 is 0 Å². The van der Waals surface area contributed by atoms with E-state index in [-0.39, 0.29) is 35.8 Å². The number of ketones is 2. The first kappa shape index (κ1) is 28.5. The minimum absolute atomic E-state index is 0.0501. The van der Waals surface area contributed by atoms with E-state index in [0.29, 0.717) is 5.92 Å². The van der Waals surface area contributed by atoms with Gasteiger partial charge in [0.25, 0.3) is 0 Å². The van der Waals surface area contributed by atoms with Crippen LogP contribution < -0.4 is 10.6 Å². The van der Waals surface area contributed by atoms with Gasteiger partial charge in [-0.2, -0.15) is 0 Å². The van der Waals surface area contributed by atoms with Crippen molar-refractivity contribution in [2.75, 3.05) is 0 Å². The van der Waals surface area contributed by atoms with Crippen LogP contribution in [-0.4, -0.2) is 51.4 Å². The molecule has 3 atom stereocenters. The second-order valence-electron chi connectivity index (χ2n) is 9.42. The molecule has 38 heavy (non-hydrogen) atoms. The van der Waals surface area contributed by atoms with Crippen LogP contribution in [0.3, 0.4) is 0 Å². The number of amides is 2. The van der Waals surface area contributed by atoms with Gasteiger partial charge in [0, 0.05) is 25.0 Å². The third-order valence-electron chi connectivity index (χ3n) is 5.78. The third kappa shape index (κ3) is 7.96. The SMILES string of the molecule is CC(C)C/C=C/C=C/C=C/C(=O)NC1=C[C@@](O)(/C=C/C=C/C=C/C(=O)NC2=C(O)CCC2=O)[C@@H]2O[C@@H]2C1=O. The van der Waals surface area contributed by atoms with Crippen molar-refractivity contribution in [1.82, 2.24) is 10.6 Å². The van der Waals surface area contributed by atoms with Gasteiger partial charge < -0.3 is 25.6 Å². The first-order valence-electron chi connectivity index (χ1n) is 12.4. The third-order valence-corrected chi connectivity index (χ3v) is 5.78. The Hall–Kier alpha value is -4.08. The van der Waals surface area contributed by atoms with Crippen LogP contribution in [0.1, 0.15) is 33.1 Å². The average Bonchev–Trinajstić information content (AvgIpc) is 3.62. The molecule has 0 spiro atoms. The van der Waals surface area contributed by atoms with E-state index in [1.165, 1.54) is 42.5 Å². The molecule has 9 nitrogen and oxygen atoms in total. The average molecular weight is 521 g/mol. The molecule has 1 heterocycles. The van der Waals surface area contributed by atoms with Gasteiger partial charge in [-0.1, -0.05) is 68.5 Å². The highest BCUT2D eigenvalue weighted by atomic mass is 16.6. The molecule has 0 aromatic rings. The van der Waals surface area contributed by atoms with Crippen molar-refractivity contribution in [3.05, 3.63) is 96.1 Å². The van der Waals surface area contributed by atoms with Crippen LogP contribution in [0.4, 0.5) is 0 Å². The molecule has 0 unspecified atom stereocenters. The number of aliphatic hydroxyl groups excluding tert-OH is 1. The molecule has 4 N–H and O–H groups in total. The predicted octanol–water partition coefficient (Wildman–Crippen LogP) is 2.70. The quantitative estimate of drug-likeness (QED) is 0.186. The Bertz CT molecular complexity index is 1210. The topological polar surface area (TPSA) is 145 Å². The van der Waals surface area contributed by atoms with E-state index in [1.807, 2.05) is 12.2 Å². The smallest absolute Gasteiger partial charge is 0.248 e. The fourth-order valence-corrected chi connectivity index (χ4v) is 3.75. The highest BCUT2D eigenvalue weighted by Gasteiger charge is 2.59. The van der Waals surface area contributed by atoms with E-state index < -0.39 is 35.4 Å². The Balaban J connectivity index is 1.54. The number of hydrogen-bond acceptors (Lipinski definition) is 7. The van der Waals surface area contributed by atoms with Gasteiger partial charge in [0.1, 0.15) is 23.2 Å². The molecule has 1 aliphatic heterocycles. The number of ether oxygens (including phenoxy) is 1. The largest absolute Gasteiger partial charge is 0.510 e. The second-order valence-corrected chi connectivity index (χ2v) is 9.42. The first-order valence-corrected chi connectivity index (χ1v) is 12.4. The molecule has 0 aromatic heterocycles. The zero-order chi connectivity index (χ0) is 27.7. The van der Waals surface area contributed by atoms with Crippen molar-refractivity contribution in [3.63, 3.8) is 0 Å². The van der Waals surface area contributed by atoms with E-state index in [9.17, 15) is 29.4 Å². The summed E-state index contributed by atoms with van der Waals surface area (Å²) in [5.41, 5.74) is -1.73. The number of fused-ring (bicyclic) bond motifs is 1. The Morgan fingerprint density at radius 2 is 1.63 bits per heavy atom. The standard InChI is InChI=1S/C29H32N2O7/c1-19(2)12-8-4-3-5-9-13-23(34)30-20-18-29(37,28-27(38-28)26(20)36)17-11-7-6-10-14-24(35)31-25-21(32)15-16-22(25)33/h3-11,13-14,17-19,27-28,32,37H,12,15-16H2,1-2H3,(H,30,34)(H,31,35)/b5-3+,7-6+,8-4+,13-9+,14-10+,17-11+/t27-,28-,29+/m1/s1. The van der Waals surface area contributed by atoms with Crippen LogP contribution in [0.2, 0.25) is 0 Å². The lowest BCUT2D eigenvalue weighted by Gasteiger charge is -2.23. The number of epoxide rings is 1. The van der Waals surface area contributed by atoms with Gasteiger partial charge in [-0.3, -0.25) is 19.2 Å². The maximum atomic E-state index is 12.4. The van der Waals surface area contributed by atoms with Gasteiger partial charge in [0.05, 0.1) is 5.70 Å². The first-order chi connectivity index (χ1) is 18.1. The predicted molar refractivity (Wildman–Crippen MR) is 141 cm³/mol. The summed E-state index contributed by atoms with van der Waals surface area (Å²) in [5, 5.41) is 25.4. The summed E-state index contributed by atoms with van der Waals surface area (Å²) in [7, 11) is 0. The molecule has 0 radical (unpaired) electrons. The molecule has 9 heteroatoms. The normalized spacial score (nSPS) is 25.7. The molecule has 3 aliphatic rings. The fourth-order valence-electron chi connectivity index (χ4n) is 3.75. The van der Waals surface area contributed by atoms with Crippen molar-refractivity contribution in [1.29, 1.82) is 0 Å². The molecular formula is C29H32N2O7. The number of allylic oxidation sites excluding steroid dienone is 11. The van der Waals surface area contributed by atoms with Crippen LogP contribution in [0.25, 0.3) is 0 Å². The van der Waals surface area contributed by atoms with Crippen molar-refractivity contribution >= 4 is 23.4 Å². The van der Waals surface area contributed by atoms with Crippen molar-refractivity contribution in [2.45, 2.75) is 50.9 Å².